The van der Waals surface area contributed by atoms with Crippen LogP contribution in [-0.2, 0) is 0 Å². The van der Waals surface area contributed by atoms with Gasteiger partial charge in [0.1, 0.15) is 14.4 Å². The molecule has 0 fully saturated rings. The van der Waals surface area contributed by atoms with Crippen molar-refractivity contribution in [2.75, 3.05) is 14.1 Å². The first-order valence-electron chi connectivity index (χ1n) is 9.85. The maximum atomic E-state index is 13.4. The summed E-state index contributed by atoms with van der Waals surface area (Å²) in [4.78, 5) is 44.2. The third kappa shape index (κ3) is 3.59. The predicted molar refractivity (Wildman–Crippen MR) is 130 cm³/mol. The first-order chi connectivity index (χ1) is 15.8. The summed E-state index contributed by atoms with van der Waals surface area (Å²) in [5.74, 6) is -0.390. The van der Waals surface area contributed by atoms with E-state index in [1.54, 1.807) is 17.2 Å². The predicted octanol–water partition coefficient (Wildman–Crippen LogP) is 3.80. The summed E-state index contributed by atoms with van der Waals surface area (Å²) in [6.45, 7) is 0. The third-order valence-electron chi connectivity index (χ3n) is 5.05. The molecule has 5 rings (SSSR count). The van der Waals surface area contributed by atoms with E-state index in [2.05, 4.69) is 0 Å². The number of carbonyl (C=O) groups is 1. The first-order valence-corrected chi connectivity index (χ1v) is 11.5. The van der Waals surface area contributed by atoms with Gasteiger partial charge in [-0.2, -0.15) is 0 Å². The highest BCUT2D eigenvalue weighted by Gasteiger charge is 2.24. The molecular formula is C23H16N4O4S2. The molecule has 0 aliphatic rings. The van der Waals surface area contributed by atoms with E-state index in [9.17, 15) is 19.7 Å². The van der Waals surface area contributed by atoms with E-state index in [-0.39, 0.29) is 22.5 Å². The molecule has 0 radical (unpaired) electrons. The fourth-order valence-electron chi connectivity index (χ4n) is 3.56. The van der Waals surface area contributed by atoms with Crippen LogP contribution in [-0.4, -0.2) is 39.1 Å². The number of fused-ring (bicyclic) bond motifs is 2. The maximum absolute atomic E-state index is 13.4. The molecule has 3 aromatic heterocycles. The summed E-state index contributed by atoms with van der Waals surface area (Å²) in [5.41, 5.74) is 1.62. The Labute approximate surface area is 194 Å². The van der Waals surface area contributed by atoms with Gasteiger partial charge in [0, 0.05) is 43.6 Å². The van der Waals surface area contributed by atoms with Crippen LogP contribution < -0.4 is 10.1 Å². The molecule has 0 aliphatic carbocycles. The number of hydrogen-bond acceptors (Lipinski definition) is 8. The molecule has 0 saturated heterocycles. The number of ketones is 1. The van der Waals surface area contributed by atoms with Crippen LogP contribution in [0.1, 0.15) is 16.1 Å². The number of aromatic nitrogens is 2. The highest BCUT2D eigenvalue weighted by Crippen LogP contribution is 2.35. The van der Waals surface area contributed by atoms with Gasteiger partial charge in [0.25, 0.3) is 11.2 Å². The van der Waals surface area contributed by atoms with E-state index in [0.29, 0.717) is 19.9 Å². The molecular weight excluding hydrogens is 460 g/mol. The van der Waals surface area contributed by atoms with Crippen LogP contribution in [0.2, 0.25) is 0 Å². The lowest BCUT2D eigenvalue weighted by Gasteiger charge is -2.01. The minimum Gasteiger partial charge on any atom is -0.382 e. The van der Waals surface area contributed by atoms with Gasteiger partial charge in [-0.15, -0.1) is 22.7 Å². The van der Waals surface area contributed by atoms with Crippen LogP contribution in [0, 0.1) is 10.1 Å². The van der Waals surface area contributed by atoms with Gasteiger partial charge in [-0.25, -0.2) is 4.98 Å². The minimum atomic E-state index is -0.521. The van der Waals surface area contributed by atoms with Gasteiger partial charge in [-0.1, -0.05) is 12.1 Å². The number of thiazole rings is 2. The molecule has 0 saturated carbocycles. The Bertz CT molecular complexity index is 1630. The molecule has 0 N–H and O–H groups in total. The number of benzene rings is 2. The van der Waals surface area contributed by atoms with E-state index < -0.39 is 10.7 Å². The lowest BCUT2D eigenvalue weighted by Crippen LogP contribution is -2.27. The van der Waals surface area contributed by atoms with Gasteiger partial charge >= 0.3 is 0 Å². The largest absolute Gasteiger partial charge is 0.382 e. The standard InChI is InChI=1S/C23H16N4O4S2/c1-25(2)12-19-22(29)26-17(20(28)13-7-9-14(10-8-13)27(30)31)11-15(23(26)33-19)21-24-16-5-3-4-6-18(16)32-21/h3-12H,1-2H3/b19-12+. The number of rotatable bonds is 5. The summed E-state index contributed by atoms with van der Waals surface area (Å²) in [5, 5.41) is 11.7. The van der Waals surface area contributed by atoms with Crippen LogP contribution in [0.4, 0.5) is 5.69 Å². The number of para-hydroxylation sites is 1. The SMILES string of the molecule is CN(C)/C=c1/sc2c(-c3nc4ccccc4s3)cc(C(=O)c3ccc([N+](=O)[O-])cc3)n2c1=O. The van der Waals surface area contributed by atoms with E-state index in [0.717, 1.165) is 10.2 Å². The average molecular weight is 477 g/mol. The Morgan fingerprint density at radius 3 is 2.52 bits per heavy atom. The highest BCUT2D eigenvalue weighted by atomic mass is 32.1. The third-order valence-corrected chi connectivity index (χ3v) is 7.21. The summed E-state index contributed by atoms with van der Waals surface area (Å²) in [6.07, 6.45) is 1.72. The second-order valence-electron chi connectivity index (χ2n) is 7.57. The van der Waals surface area contributed by atoms with Crippen molar-refractivity contribution in [3.8, 4) is 10.6 Å². The van der Waals surface area contributed by atoms with Crippen molar-refractivity contribution in [1.29, 1.82) is 0 Å². The summed E-state index contributed by atoms with van der Waals surface area (Å²) in [6, 6.07) is 14.8. The van der Waals surface area contributed by atoms with E-state index in [4.69, 9.17) is 4.98 Å². The fourth-order valence-corrected chi connectivity index (χ4v) is 5.80. The maximum Gasteiger partial charge on any atom is 0.275 e. The van der Waals surface area contributed by atoms with Crippen LogP contribution >= 0.6 is 22.7 Å². The molecule has 0 unspecified atom stereocenters. The number of hydrogen-bond donors (Lipinski definition) is 0. The second-order valence-corrected chi connectivity index (χ2v) is 9.63. The molecule has 0 atom stereocenters. The Kier molecular flexibility index (Phi) is 5.03. The van der Waals surface area contributed by atoms with E-state index >= 15 is 0 Å². The van der Waals surface area contributed by atoms with Gasteiger partial charge in [0.05, 0.1) is 20.8 Å². The van der Waals surface area contributed by atoms with Gasteiger partial charge < -0.3 is 4.90 Å². The summed E-state index contributed by atoms with van der Waals surface area (Å²) in [7, 11) is 3.65. The quantitative estimate of drug-likeness (QED) is 0.217. The topological polar surface area (TPSA) is 97.8 Å². The van der Waals surface area contributed by atoms with Crippen molar-refractivity contribution in [1.82, 2.24) is 14.3 Å². The zero-order valence-electron chi connectivity index (χ0n) is 17.5. The average Bonchev–Trinajstić information content (AvgIpc) is 3.46. The molecule has 2 aromatic carbocycles. The molecule has 33 heavy (non-hydrogen) atoms. The van der Waals surface area contributed by atoms with Crippen molar-refractivity contribution in [3.05, 3.63) is 90.9 Å². The van der Waals surface area contributed by atoms with Crippen LogP contribution in [0.3, 0.4) is 0 Å². The second kappa shape index (κ2) is 7.91. The normalized spacial score (nSPS) is 12.0. The summed E-state index contributed by atoms with van der Waals surface area (Å²) >= 11 is 2.80. The highest BCUT2D eigenvalue weighted by molar-refractivity contribution is 7.22. The van der Waals surface area contributed by atoms with Crippen molar-refractivity contribution in [3.63, 3.8) is 0 Å². The zero-order valence-corrected chi connectivity index (χ0v) is 19.1. The monoisotopic (exact) mass is 476 g/mol. The van der Waals surface area contributed by atoms with E-state index in [1.165, 1.54) is 51.3 Å². The number of non-ortho nitro benzene ring substituents is 1. The molecule has 5 aromatic rings. The van der Waals surface area contributed by atoms with Gasteiger partial charge in [0.2, 0.25) is 5.78 Å². The van der Waals surface area contributed by atoms with Crippen molar-refractivity contribution >= 4 is 55.4 Å². The number of nitro groups is 1. The van der Waals surface area contributed by atoms with Crippen LogP contribution in [0.25, 0.3) is 31.8 Å². The Morgan fingerprint density at radius 1 is 1.12 bits per heavy atom. The molecule has 8 nitrogen and oxygen atoms in total. The number of carbonyl (C=O) groups excluding carboxylic acids is 1. The Morgan fingerprint density at radius 2 is 1.85 bits per heavy atom. The molecule has 0 spiro atoms. The zero-order chi connectivity index (χ0) is 23.3. The van der Waals surface area contributed by atoms with E-state index in [1.807, 2.05) is 38.4 Å². The van der Waals surface area contributed by atoms with Crippen molar-refractivity contribution in [2.45, 2.75) is 0 Å². The van der Waals surface area contributed by atoms with Crippen molar-refractivity contribution in [2.24, 2.45) is 0 Å². The molecule has 3 heterocycles. The molecule has 10 heteroatoms. The fraction of sp³-hybridized carbons (Fsp3) is 0.0870. The summed E-state index contributed by atoms with van der Waals surface area (Å²) < 4.78 is 2.93. The molecule has 164 valence electrons. The van der Waals surface area contributed by atoms with Crippen molar-refractivity contribution < 1.29 is 9.72 Å². The van der Waals surface area contributed by atoms with Crippen LogP contribution in [0.5, 0.6) is 0 Å². The molecule has 0 bridgehead atoms. The van der Waals surface area contributed by atoms with Gasteiger partial charge in [0.15, 0.2) is 0 Å². The molecule has 0 aliphatic heterocycles. The minimum absolute atomic E-state index is 0.107. The number of nitrogens with zero attached hydrogens (tertiary/aromatic N) is 4. The molecule has 0 amide bonds. The Hall–Kier alpha value is -3.89. The Balaban J connectivity index is 1.74. The number of nitro benzene ring substituents is 1. The van der Waals surface area contributed by atoms with Gasteiger partial charge in [-0.05, 0) is 30.3 Å². The lowest BCUT2D eigenvalue weighted by atomic mass is 10.1. The lowest BCUT2D eigenvalue weighted by molar-refractivity contribution is -0.384. The van der Waals surface area contributed by atoms with Gasteiger partial charge in [-0.3, -0.25) is 24.1 Å². The smallest absolute Gasteiger partial charge is 0.275 e. The van der Waals surface area contributed by atoms with Crippen LogP contribution in [0.15, 0.2) is 59.4 Å². The first kappa shape index (κ1) is 21.0.